The molecule has 1 saturated heterocycles. The molecule has 4 aromatic rings. The largest absolute Gasteiger partial charge is 0.494 e. The molecule has 1 N–H and O–H groups in total. The summed E-state index contributed by atoms with van der Waals surface area (Å²) in [5.41, 5.74) is 6.05. The van der Waals surface area contributed by atoms with Gasteiger partial charge in [0, 0.05) is 43.9 Å². The SMILES string of the molecule is CCOc1ccccc1CN1CCCN(c2ccc(NC(=O)c3ccc(C)c(-c4ccc(C#N)cc4)c3)cn2)CC1. The first kappa shape index (κ1) is 27.9. The summed E-state index contributed by atoms with van der Waals surface area (Å²) in [6.07, 6.45) is 2.77. The number of para-hydroxylation sites is 1. The van der Waals surface area contributed by atoms with Crippen LogP contribution in [0.1, 0.15) is 40.4 Å². The fraction of sp³-hybridized carbons (Fsp3) is 0.265. The highest BCUT2D eigenvalue weighted by atomic mass is 16.5. The first-order valence-electron chi connectivity index (χ1n) is 14.1. The van der Waals surface area contributed by atoms with E-state index in [4.69, 9.17) is 10.00 Å². The summed E-state index contributed by atoms with van der Waals surface area (Å²) in [5.74, 6) is 1.69. The zero-order chi connectivity index (χ0) is 28.6. The molecule has 208 valence electrons. The molecule has 0 unspecified atom stereocenters. The Balaban J connectivity index is 1.20. The van der Waals surface area contributed by atoms with Gasteiger partial charge in [-0.2, -0.15) is 5.26 Å². The normalized spacial score (nSPS) is 13.7. The fourth-order valence-corrected chi connectivity index (χ4v) is 5.18. The number of anilines is 2. The van der Waals surface area contributed by atoms with Crippen LogP contribution in [0.2, 0.25) is 0 Å². The Bertz CT molecular complexity index is 1530. The average molecular weight is 546 g/mol. The molecule has 1 fully saturated rings. The molecule has 41 heavy (non-hydrogen) atoms. The van der Waals surface area contributed by atoms with Crippen LogP contribution in [0, 0.1) is 18.3 Å². The fourth-order valence-electron chi connectivity index (χ4n) is 5.18. The highest BCUT2D eigenvalue weighted by Crippen LogP contribution is 2.26. The van der Waals surface area contributed by atoms with E-state index in [0.717, 1.165) is 67.4 Å². The molecule has 0 saturated carbocycles. The number of nitrogens with zero attached hydrogens (tertiary/aromatic N) is 4. The first-order valence-corrected chi connectivity index (χ1v) is 14.1. The van der Waals surface area contributed by atoms with E-state index in [-0.39, 0.29) is 5.91 Å². The van der Waals surface area contributed by atoms with E-state index < -0.39 is 0 Å². The number of carbonyl (C=O) groups is 1. The number of carbonyl (C=O) groups excluding carboxylic acids is 1. The maximum atomic E-state index is 13.1. The molecule has 1 aliphatic heterocycles. The Morgan fingerprint density at radius 1 is 1.00 bits per heavy atom. The molecule has 3 aromatic carbocycles. The third kappa shape index (κ3) is 6.92. The van der Waals surface area contributed by atoms with Crippen molar-refractivity contribution in [2.75, 3.05) is 43.0 Å². The lowest BCUT2D eigenvalue weighted by atomic mass is 9.97. The van der Waals surface area contributed by atoms with Crippen LogP contribution in [0.15, 0.2) is 85.1 Å². The Labute approximate surface area is 242 Å². The number of nitrogens with one attached hydrogen (secondary N) is 1. The Morgan fingerprint density at radius 2 is 1.83 bits per heavy atom. The van der Waals surface area contributed by atoms with E-state index in [1.54, 1.807) is 18.3 Å². The van der Waals surface area contributed by atoms with Crippen LogP contribution in [0.25, 0.3) is 11.1 Å². The Morgan fingerprint density at radius 3 is 2.59 bits per heavy atom. The van der Waals surface area contributed by atoms with Crippen LogP contribution < -0.4 is 15.0 Å². The van der Waals surface area contributed by atoms with Crippen molar-refractivity contribution in [2.24, 2.45) is 0 Å². The smallest absolute Gasteiger partial charge is 0.255 e. The van der Waals surface area contributed by atoms with Gasteiger partial charge in [-0.25, -0.2) is 4.98 Å². The topological polar surface area (TPSA) is 81.5 Å². The third-order valence-corrected chi connectivity index (χ3v) is 7.41. The average Bonchev–Trinajstić information content (AvgIpc) is 3.24. The molecular weight excluding hydrogens is 510 g/mol. The van der Waals surface area contributed by atoms with E-state index in [2.05, 4.69) is 38.3 Å². The second-order valence-corrected chi connectivity index (χ2v) is 10.2. The summed E-state index contributed by atoms with van der Waals surface area (Å²) in [5, 5.41) is 12.1. The van der Waals surface area contributed by atoms with Crippen molar-refractivity contribution >= 4 is 17.4 Å². The van der Waals surface area contributed by atoms with Gasteiger partial charge in [0.2, 0.25) is 0 Å². The van der Waals surface area contributed by atoms with Crippen LogP contribution in [-0.4, -0.2) is 48.6 Å². The number of aromatic nitrogens is 1. The number of nitriles is 1. The van der Waals surface area contributed by atoms with Crippen LogP contribution in [-0.2, 0) is 6.54 Å². The van der Waals surface area contributed by atoms with E-state index >= 15 is 0 Å². The van der Waals surface area contributed by atoms with Crippen molar-refractivity contribution < 1.29 is 9.53 Å². The molecule has 5 rings (SSSR count). The van der Waals surface area contributed by atoms with Crippen molar-refractivity contribution in [3.63, 3.8) is 0 Å². The van der Waals surface area contributed by atoms with Gasteiger partial charge in [0.25, 0.3) is 5.91 Å². The van der Waals surface area contributed by atoms with Gasteiger partial charge in [-0.3, -0.25) is 9.69 Å². The van der Waals surface area contributed by atoms with Crippen molar-refractivity contribution in [1.29, 1.82) is 5.26 Å². The number of hydrogen-bond donors (Lipinski definition) is 1. The molecule has 7 heteroatoms. The summed E-state index contributed by atoms with van der Waals surface area (Å²) < 4.78 is 5.82. The highest BCUT2D eigenvalue weighted by Gasteiger charge is 2.18. The van der Waals surface area contributed by atoms with Crippen LogP contribution in [0.5, 0.6) is 5.75 Å². The van der Waals surface area contributed by atoms with Gasteiger partial charge in [0.05, 0.1) is 30.1 Å². The molecule has 0 atom stereocenters. The minimum Gasteiger partial charge on any atom is -0.494 e. The minimum absolute atomic E-state index is 0.188. The maximum absolute atomic E-state index is 13.1. The highest BCUT2D eigenvalue weighted by molar-refractivity contribution is 6.05. The van der Waals surface area contributed by atoms with Gasteiger partial charge in [0.1, 0.15) is 11.6 Å². The van der Waals surface area contributed by atoms with E-state index in [1.165, 1.54) is 5.56 Å². The predicted octanol–water partition coefficient (Wildman–Crippen LogP) is 6.29. The van der Waals surface area contributed by atoms with Gasteiger partial charge in [-0.05, 0) is 79.4 Å². The number of amides is 1. The molecular formula is C34H35N5O2. The first-order chi connectivity index (χ1) is 20.0. The quantitative estimate of drug-likeness (QED) is 0.280. The second-order valence-electron chi connectivity index (χ2n) is 10.2. The lowest BCUT2D eigenvalue weighted by molar-refractivity contribution is 0.102. The molecule has 1 amide bonds. The number of pyridine rings is 1. The van der Waals surface area contributed by atoms with Crippen molar-refractivity contribution in [3.05, 3.63) is 107 Å². The summed E-state index contributed by atoms with van der Waals surface area (Å²) in [7, 11) is 0. The number of ether oxygens (including phenoxy) is 1. The van der Waals surface area contributed by atoms with E-state index in [1.807, 2.05) is 68.4 Å². The monoisotopic (exact) mass is 545 g/mol. The molecule has 0 spiro atoms. The molecule has 0 radical (unpaired) electrons. The summed E-state index contributed by atoms with van der Waals surface area (Å²) in [6.45, 7) is 9.34. The minimum atomic E-state index is -0.188. The summed E-state index contributed by atoms with van der Waals surface area (Å²) >= 11 is 0. The van der Waals surface area contributed by atoms with Gasteiger partial charge in [-0.15, -0.1) is 0 Å². The molecule has 7 nitrogen and oxygen atoms in total. The summed E-state index contributed by atoms with van der Waals surface area (Å²) in [6, 6.07) is 27.4. The molecule has 1 aromatic heterocycles. The van der Waals surface area contributed by atoms with Crippen molar-refractivity contribution in [1.82, 2.24) is 9.88 Å². The Kier molecular flexibility index (Phi) is 8.92. The van der Waals surface area contributed by atoms with Crippen molar-refractivity contribution in [2.45, 2.75) is 26.8 Å². The lowest BCUT2D eigenvalue weighted by Gasteiger charge is -2.23. The standard InChI is InChI=1S/C34H35N5O2/c1-3-41-32-8-5-4-7-29(32)24-38-17-6-18-39(20-19-38)33-16-15-30(23-36-33)37-34(40)28-12-9-25(2)31(21-28)27-13-10-26(22-35)11-14-27/h4-5,7-16,21,23H,3,6,17-20,24H2,1-2H3,(H,37,40). The van der Waals surface area contributed by atoms with Crippen LogP contribution >= 0.6 is 0 Å². The second kappa shape index (κ2) is 13.1. The van der Waals surface area contributed by atoms with Gasteiger partial charge in [-0.1, -0.05) is 36.4 Å². The van der Waals surface area contributed by atoms with E-state index in [9.17, 15) is 4.79 Å². The van der Waals surface area contributed by atoms with Gasteiger partial charge in [0.15, 0.2) is 0 Å². The predicted molar refractivity (Wildman–Crippen MR) is 163 cm³/mol. The summed E-state index contributed by atoms with van der Waals surface area (Å²) in [4.78, 5) is 22.5. The molecule has 2 heterocycles. The Hall–Kier alpha value is -4.67. The van der Waals surface area contributed by atoms with Gasteiger partial charge < -0.3 is 15.0 Å². The lowest BCUT2D eigenvalue weighted by Crippen LogP contribution is -2.31. The number of hydrogen-bond acceptors (Lipinski definition) is 6. The number of benzene rings is 3. The van der Waals surface area contributed by atoms with Crippen LogP contribution in [0.3, 0.4) is 0 Å². The van der Waals surface area contributed by atoms with E-state index in [0.29, 0.717) is 23.4 Å². The third-order valence-electron chi connectivity index (χ3n) is 7.41. The molecule has 0 bridgehead atoms. The zero-order valence-electron chi connectivity index (χ0n) is 23.6. The number of rotatable bonds is 8. The van der Waals surface area contributed by atoms with Crippen molar-refractivity contribution in [3.8, 4) is 22.9 Å². The number of aryl methyl sites for hydroxylation is 1. The van der Waals surface area contributed by atoms with Crippen LogP contribution in [0.4, 0.5) is 11.5 Å². The maximum Gasteiger partial charge on any atom is 0.255 e. The molecule has 0 aliphatic carbocycles. The van der Waals surface area contributed by atoms with Gasteiger partial charge >= 0.3 is 0 Å². The molecule has 1 aliphatic rings. The zero-order valence-corrected chi connectivity index (χ0v) is 23.6.